The SMILES string of the molecule is OC[C@@H](O)C[C@H]1O[C@H](CO)[C@@H](O)[C@H](O)[C@H]1O. The van der Waals surface area contributed by atoms with Crippen molar-refractivity contribution < 1.29 is 35.4 Å². The molecule has 7 nitrogen and oxygen atoms in total. The molecule has 16 heavy (non-hydrogen) atoms. The first kappa shape index (κ1) is 13.8. The van der Waals surface area contributed by atoms with Crippen LogP contribution in [-0.4, -0.2) is 80.5 Å². The topological polar surface area (TPSA) is 131 Å². The molecule has 0 aromatic carbocycles. The van der Waals surface area contributed by atoms with Gasteiger partial charge in [-0.2, -0.15) is 0 Å². The smallest absolute Gasteiger partial charge is 0.111 e. The maximum Gasteiger partial charge on any atom is 0.111 e. The Morgan fingerprint density at radius 2 is 1.50 bits per heavy atom. The Bertz CT molecular complexity index is 210. The van der Waals surface area contributed by atoms with Gasteiger partial charge in [-0.1, -0.05) is 0 Å². The number of hydrogen-bond donors (Lipinski definition) is 6. The van der Waals surface area contributed by atoms with Crippen LogP contribution in [0.4, 0.5) is 0 Å². The van der Waals surface area contributed by atoms with E-state index in [1.165, 1.54) is 0 Å². The maximum absolute atomic E-state index is 9.56. The van der Waals surface area contributed by atoms with E-state index in [0.29, 0.717) is 0 Å². The van der Waals surface area contributed by atoms with Crippen LogP contribution in [0, 0.1) is 0 Å². The Morgan fingerprint density at radius 3 is 2.00 bits per heavy atom. The van der Waals surface area contributed by atoms with Gasteiger partial charge in [-0.05, 0) is 0 Å². The lowest BCUT2D eigenvalue weighted by Crippen LogP contribution is -2.59. The van der Waals surface area contributed by atoms with Crippen LogP contribution in [0.5, 0.6) is 0 Å². The van der Waals surface area contributed by atoms with Crippen LogP contribution in [0.2, 0.25) is 0 Å². The van der Waals surface area contributed by atoms with Crippen LogP contribution in [0.3, 0.4) is 0 Å². The minimum Gasteiger partial charge on any atom is -0.394 e. The molecule has 0 aliphatic carbocycles. The van der Waals surface area contributed by atoms with Gasteiger partial charge in [0.15, 0.2) is 0 Å². The van der Waals surface area contributed by atoms with Gasteiger partial charge in [-0.25, -0.2) is 0 Å². The highest BCUT2D eigenvalue weighted by Crippen LogP contribution is 2.23. The third kappa shape index (κ3) is 2.89. The first-order valence-corrected chi connectivity index (χ1v) is 5.10. The summed E-state index contributed by atoms with van der Waals surface area (Å²) in [6.07, 6.45) is -7.28. The van der Waals surface area contributed by atoms with Gasteiger partial charge >= 0.3 is 0 Å². The van der Waals surface area contributed by atoms with Crippen molar-refractivity contribution in [2.45, 2.75) is 43.0 Å². The zero-order valence-corrected chi connectivity index (χ0v) is 8.68. The van der Waals surface area contributed by atoms with Crippen molar-refractivity contribution in [1.29, 1.82) is 0 Å². The van der Waals surface area contributed by atoms with Gasteiger partial charge in [0, 0.05) is 6.42 Å². The fraction of sp³-hybridized carbons (Fsp3) is 1.00. The van der Waals surface area contributed by atoms with Crippen molar-refractivity contribution in [1.82, 2.24) is 0 Å². The Balaban J connectivity index is 2.63. The monoisotopic (exact) mass is 238 g/mol. The lowest BCUT2D eigenvalue weighted by molar-refractivity contribution is -0.234. The van der Waals surface area contributed by atoms with Gasteiger partial charge in [0.25, 0.3) is 0 Å². The zero-order valence-electron chi connectivity index (χ0n) is 8.68. The average molecular weight is 238 g/mol. The molecule has 6 atom stereocenters. The molecule has 0 spiro atoms. The second kappa shape index (κ2) is 5.87. The minimum absolute atomic E-state index is 0.0854. The number of hydrogen-bond acceptors (Lipinski definition) is 7. The second-order valence-corrected chi connectivity index (χ2v) is 3.94. The summed E-state index contributed by atoms with van der Waals surface area (Å²) >= 11 is 0. The molecule has 0 aromatic rings. The standard InChI is InChI=1S/C9H18O7/c10-2-4(12)1-5-7(13)9(15)8(14)6(3-11)16-5/h4-15H,1-3H2/t4-,5+,6+,7-,8+,9+/m0/s1. The predicted octanol–water partition coefficient (Wildman–Crippen LogP) is -3.43. The quantitative estimate of drug-likeness (QED) is 0.300. The van der Waals surface area contributed by atoms with Crippen LogP contribution in [-0.2, 0) is 4.74 Å². The van der Waals surface area contributed by atoms with Gasteiger partial charge in [-0.3, -0.25) is 0 Å². The summed E-state index contributed by atoms with van der Waals surface area (Å²) < 4.78 is 5.12. The highest BCUT2D eigenvalue weighted by molar-refractivity contribution is 4.92. The predicted molar refractivity (Wildman–Crippen MR) is 51.5 cm³/mol. The first-order valence-electron chi connectivity index (χ1n) is 5.10. The third-order valence-electron chi connectivity index (χ3n) is 2.71. The Morgan fingerprint density at radius 1 is 0.938 bits per heavy atom. The molecule has 7 heteroatoms. The summed E-state index contributed by atoms with van der Waals surface area (Å²) in [5.74, 6) is 0. The van der Waals surface area contributed by atoms with Crippen LogP contribution >= 0.6 is 0 Å². The molecule has 1 fully saturated rings. The Kier molecular flexibility index (Phi) is 5.06. The molecule has 0 bridgehead atoms. The molecule has 1 aliphatic heterocycles. The van der Waals surface area contributed by atoms with Gasteiger partial charge in [0.05, 0.1) is 25.4 Å². The van der Waals surface area contributed by atoms with E-state index in [2.05, 4.69) is 0 Å². The van der Waals surface area contributed by atoms with E-state index in [1.807, 2.05) is 0 Å². The van der Waals surface area contributed by atoms with E-state index >= 15 is 0 Å². The molecule has 1 aliphatic rings. The van der Waals surface area contributed by atoms with Crippen molar-refractivity contribution in [2.75, 3.05) is 13.2 Å². The molecule has 0 aromatic heterocycles. The van der Waals surface area contributed by atoms with Crippen molar-refractivity contribution >= 4 is 0 Å². The molecule has 0 radical (unpaired) electrons. The Hall–Kier alpha value is -0.280. The number of aliphatic hydroxyl groups is 6. The molecule has 1 heterocycles. The van der Waals surface area contributed by atoms with Gasteiger partial charge in [0.2, 0.25) is 0 Å². The van der Waals surface area contributed by atoms with E-state index in [1.54, 1.807) is 0 Å². The molecule has 1 saturated heterocycles. The summed E-state index contributed by atoms with van der Waals surface area (Å²) in [4.78, 5) is 0. The number of rotatable bonds is 4. The highest BCUT2D eigenvalue weighted by atomic mass is 16.5. The van der Waals surface area contributed by atoms with Crippen molar-refractivity contribution in [3.63, 3.8) is 0 Å². The molecular formula is C9H18O7. The highest BCUT2D eigenvalue weighted by Gasteiger charge is 2.43. The second-order valence-electron chi connectivity index (χ2n) is 3.94. The largest absolute Gasteiger partial charge is 0.394 e. The molecular weight excluding hydrogens is 220 g/mol. The van der Waals surface area contributed by atoms with Crippen LogP contribution in [0.25, 0.3) is 0 Å². The van der Waals surface area contributed by atoms with E-state index in [-0.39, 0.29) is 6.42 Å². The summed E-state index contributed by atoms with van der Waals surface area (Å²) in [6.45, 7) is -0.994. The zero-order chi connectivity index (χ0) is 12.3. The molecule has 1 rings (SSSR count). The third-order valence-corrected chi connectivity index (χ3v) is 2.71. The normalized spacial score (nSPS) is 42.0. The van der Waals surface area contributed by atoms with Crippen molar-refractivity contribution in [2.24, 2.45) is 0 Å². The van der Waals surface area contributed by atoms with Gasteiger partial charge in [0.1, 0.15) is 24.4 Å². The molecule has 6 N–H and O–H groups in total. The molecule has 0 amide bonds. The van der Waals surface area contributed by atoms with E-state index < -0.39 is 49.8 Å². The fourth-order valence-corrected chi connectivity index (χ4v) is 1.72. The lowest BCUT2D eigenvalue weighted by Gasteiger charge is -2.40. The molecule has 0 unspecified atom stereocenters. The van der Waals surface area contributed by atoms with Crippen LogP contribution < -0.4 is 0 Å². The fourth-order valence-electron chi connectivity index (χ4n) is 1.72. The van der Waals surface area contributed by atoms with E-state index in [4.69, 9.17) is 14.9 Å². The van der Waals surface area contributed by atoms with Crippen molar-refractivity contribution in [3.05, 3.63) is 0 Å². The molecule has 96 valence electrons. The maximum atomic E-state index is 9.56. The van der Waals surface area contributed by atoms with E-state index in [9.17, 15) is 20.4 Å². The number of ether oxygens (including phenoxy) is 1. The van der Waals surface area contributed by atoms with Gasteiger partial charge < -0.3 is 35.4 Å². The van der Waals surface area contributed by atoms with E-state index in [0.717, 1.165) is 0 Å². The lowest BCUT2D eigenvalue weighted by atomic mass is 9.92. The van der Waals surface area contributed by atoms with Crippen LogP contribution in [0.15, 0.2) is 0 Å². The van der Waals surface area contributed by atoms with Crippen molar-refractivity contribution in [3.8, 4) is 0 Å². The Labute approximate surface area is 92.5 Å². The minimum atomic E-state index is -1.44. The van der Waals surface area contributed by atoms with Crippen LogP contribution in [0.1, 0.15) is 6.42 Å². The summed E-state index contributed by atoms with van der Waals surface area (Å²) in [7, 11) is 0. The number of aliphatic hydroxyl groups excluding tert-OH is 6. The summed E-state index contributed by atoms with van der Waals surface area (Å²) in [6, 6.07) is 0. The summed E-state index contributed by atoms with van der Waals surface area (Å²) in [5.41, 5.74) is 0. The summed E-state index contributed by atoms with van der Waals surface area (Å²) in [5, 5.41) is 55.2. The molecule has 0 saturated carbocycles. The average Bonchev–Trinajstić information content (AvgIpc) is 2.29. The first-order chi connectivity index (χ1) is 7.51. The van der Waals surface area contributed by atoms with Gasteiger partial charge in [-0.15, -0.1) is 0 Å².